The minimum Gasteiger partial charge on any atom is -0.339 e. The molecule has 0 fully saturated rings. The first-order chi connectivity index (χ1) is 12.5. The van der Waals surface area contributed by atoms with Gasteiger partial charge in [0.1, 0.15) is 17.2 Å². The maximum atomic E-state index is 13.7. The predicted molar refractivity (Wildman–Crippen MR) is 106 cm³/mol. The van der Waals surface area contributed by atoms with Crippen molar-refractivity contribution in [3.63, 3.8) is 0 Å². The van der Waals surface area contributed by atoms with E-state index in [0.717, 1.165) is 45.7 Å². The molecule has 0 aliphatic rings. The van der Waals surface area contributed by atoms with E-state index in [4.69, 9.17) is 4.98 Å². The topological polar surface area (TPSA) is 22.2 Å². The molecule has 1 aromatic carbocycles. The zero-order valence-electron chi connectivity index (χ0n) is 15.3. The summed E-state index contributed by atoms with van der Waals surface area (Å²) in [6.45, 7) is 11.1. The van der Waals surface area contributed by atoms with Crippen LogP contribution in [-0.4, -0.2) is 14.0 Å². The van der Waals surface area contributed by atoms with Gasteiger partial charge in [-0.05, 0) is 54.8 Å². The van der Waals surface area contributed by atoms with E-state index in [1.165, 1.54) is 6.07 Å². The Balaban J connectivity index is 1.99. The van der Waals surface area contributed by atoms with Gasteiger partial charge in [-0.3, -0.25) is 0 Å². The Morgan fingerprint density at radius 2 is 2.00 bits per heavy atom. The van der Waals surface area contributed by atoms with Crippen molar-refractivity contribution in [1.82, 2.24) is 14.0 Å². The molecule has 0 saturated carbocycles. The SMILES string of the molecule is C=Cc1ccn2c(C)c(-c3cc4cc(F)ccc4n3CC(C)C)nc2c1. The first kappa shape index (κ1) is 16.6. The summed E-state index contributed by atoms with van der Waals surface area (Å²) in [6, 6.07) is 11.1. The van der Waals surface area contributed by atoms with Crippen LogP contribution in [0.2, 0.25) is 0 Å². The molecule has 132 valence electrons. The standard InChI is InChI=1S/C22H22FN3/c1-5-16-8-9-25-15(4)22(24-21(25)10-16)20-12-17-11-18(23)6-7-19(17)26(20)13-14(2)3/h5-12,14H,1,13H2,2-4H3. The van der Waals surface area contributed by atoms with Crippen molar-refractivity contribution in [1.29, 1.82) is 0 Å². The van der Waals surface area contributed by atoms with Gasteiger partial charge in [0.15, 0.2) is 0 Å². The van der Waals surface area contributed by atoms with Gasteiger partial charge in [0.05, 0.1) is 5.69 Å². The highest BCUT2D eigenvalue weighted by atomic mass is 19.1. The Hall–Kier alpha value is -2.88. The smallest absolute Gasteiger partial charge is 0.138 e. The van der Waals surface area contributed by atoms with E-state index in [2.05, 4.69) is 36.3 Å². The zero-order chi connectivity index (χ0) is 18.4. The molecule has 4 heteroatoms. The summed E-state index contributed by atoms with van der Waals surface area (Å²) < 4.78 is 18.1. The summed E-state index contributed by atoms with van der Waals surface area (Å²) in [6.07, 6.45) is 3.84. The summed E-state index contributed by atoms with van der Waals surface area (Å²) >= 11 is 0. The molecule has 0 spiro atoms. The van der Waals surface area contributed by atoms with Gasteiger partial charge in [0.25, 0.3) is 0 Å². The monoisotopic (exact) mass is 347 g/mol. The van der Waals surface area contributed by atoms with Crippen molar-refractivity contribution in [2.45, 2.75) is 27.3 Å². The van der Waals surface area contributed by atoms with Crippen molar-refractivity contribution in [3.05, 3.63) is 66.2 Å². The number of hydrogen-bond donors (Lipinski definition) is 0. The maximum absolute atomic E-state index is 13.7. The molecule has 0 aliphatic carbocycles. The Morgan fingerprint density at radius 1 is 1.19 bits per heavy atom. The molecule has 0 N–H and O–H groups in total. The number of aromatic nitrogens is 3. The number of rotatable bonds is 4. The van der Waals surface area contributed by atoms with E-state index >= 15 is 0 Å². The molecule has 3 heterocycles. The van der Waals surface area contributed by atoms with Crippen LogP contribution in [0.25, 0.3) is 34.0 Å². The van der Waals surface area contributed by atoms with Crippen LogP contribution in [0.15, 0.2) is 49.2 Å². The van der Waals surface area contributed by atoms with Gasteiger partial charge in [-0.15, -0.1) is 0 Å². The van der Waals surface area contributed by atoms with E-state index in [0.29, 0.717) is 5.92 Å². The molecule has 0 radical (unpaired) electrons. The molecule has 4 aromatic rings. The molecule has 3 nitrogen and oxygen atoms in total. The highest BCUT2D eigenvalue weighted by Crippen LogP contribution is 2.31. The predicted octanol–water partition coefficient (Wildman–Crippen LogP) is 5.70. The Bertz CT molecular complexity index is 1130. The highest BCUT2D eigenvalue weighted by molar-refractivity contribution is 5.87. The van der Waals surface area contributed by atoms with Crippen LogP contribution in [0.4, 0.5) is 4.39 Å². The molecule has 4 rings (SSSR count). The molecule has 0 bridgehead atoms. The van der Waals surface area contributed by atoms with Gasteiger partial charge >= 0.3 is 0 Å². The lowest BCUT2D eigenvalue weighted by Gasteiger charge is -2.12. The number of aryl methyl sites for hydroxylation is 1. The lowest BCUT2D eigenvalue weighted by atomic mass is 10.2. The van der Waals surface area contributed by atoms with Gasteiger partial charge in [-0.1, -0.05) is 26.5 Å². The fourth-order valence-corrected chi connectivity index (χ4v) is 3.55. The number of nitrogens with zero attached hydrogens (tertiary/aromatic N) is 3. The number of pyridine rings is 1. The number of imidazole rings is 1. The summed E-state index contributed by atoms with van der Waals surface area (Å²) in [5.74, 6) is 0.257. The average molecular weight is 347 g/mol. The summed E-state index contributed by atoms with van der Waals surface area (Å²) in [7, 11) is 0. The van der Waals surface area contributed by atoms with Crippen molar-refractivity contribution in [2.75, 3.05) is 0 Å². The van der Waals surface area contributed by atoms with Crippen LogP contribution in [-0.2, 0) is 6.54 Å². The van der Waals surface area contributed by atoms with E-state index in [-0.39, 0.29) is 5.82 Å². The molecule has 3 aromatic heterocycles. The maximum Gasteiger partial charge on any atom is 0.138 e. The van der Waals surface area contributed by atoms with E-state index in [9.17, 15) is 4.39 Å². The third-order valence-corrected chi connectivity index (χ3v) is 4.78. The van der Waals surface area contributed by atoms with E-state index in [1.807, 2.05) is 36.5 Å². The van der Waals surface area contributed by atoms with Crippen molar-refractivity contribution in [3.8, 4) is 11.4 Å². The van der Waals surface area contributed by atoms with Crippen LogP contribution >= 0.6 is 0 Å². The molecule has 0 atom stereocenters. The Labute approximate surface area is 152 Å². The van der Waals surface area contributed by atoms with Crippen LogP contribution in [0.1, 0.15) is 25.1 Å². The number of benzene rings is 1. The second kappa shape index (κ2) is 6.13. The minimum absolute atomic E-state index is 0.215. The van der Waals surface area contributed by atoms with Crippen molar-refractivity contribution in [2.24, 2.45) is 5.92 Å². The van der Waals surface area contributed by atoms with Crippen molar-refractivity contribution < 1.29 is 4.39 Å². The molecular weight excluding hydrogens is 325 g/mol. The normalized spacial score (nSPS) is 11.7. The molecule has 26 heavy (non-hydrogen) atoms. The van der Waals surface area contributed by atoms with E-state index < -0.39 is 0 Å². The second-order valence-electron chi connectivity index (χ2n) is 7.18. The zero-order valence-corrected chi connectivity index (χ0v) is 15.3. The highest BCUT2D eigenvalue weighted by Gasteiger charge is 2.18. The first-order valence-electron chi connectivity index (χ1n) is 8.88. The van der Waals surface area contributed by atoms with Gasteiger partial charge < -0.3 is 8.97 Å². The van der Waals surface area contributed by atoms with E-state index in [1.54, 1.807) is 6.07 Å². The van der Waals surface area contributed by atoms with Crippen LogP contribution in [0, 0.1) is 18.7 Å². The number of fused-ring (bicyclic) bond motifs is 2. The molecule has 0 saturated heterocycles. The van der Waals surface area contributed by atoms with Crippen LogP contribution in [0.5, 0.6) is 0 Å². The van der Waals surface area contributed by atoms with Crippen molar-refractivity contribution >= 4 is 22.6 Å². The van der Waals surface area contributed by atoms with Crippen LogP contribution < -0.4 is 0 Å². The quantitative estimate of drug-likeness (QED) is 0.464. The second-order valence-corrected chi connectivity index (χ2v) is 7.18. The Morgan fingerprint density at radius 3 is 2.73 bits per heavy atom. The summed E-state index contributed by atoms with van der Waals surface area (Å²) in [4.78, 5) is 4.88. The molecule has 0 aliphatic heterocycles. The van der Waals surface area contributed by atoms with Gasteiger partial charge in [-0.25, -0.2) is 9.37 Å². The average Bonchev–Trinajstić information content (AvgIpc) is 3.11. The third kappa shape index (κ3) is 2.62. The largest absolute Gasteiger partial charge is 0.339 e. The lowest BCUT2D eigenvalue weighted by Crippen LogP contribution is -2.06. The molecular formula is C22H22FN3. The number of hydrogen-bond acceptors (Lipinski definition) is 1. The molecule has 0 amide bonds. The lowest BCUT2D eigenvalue weighted by molar-refractivity contribution is 0.538. The first-order valence-corrected chi connectivity index (χ1v) is 8.88. The third-order valence-electron chi connectivity index (χ3n) is 4.78. The number of halogens is 1. The fourth-order valence-electron chi connectivity index (χ4n) is 3.55. The minimum atomic E-state index is -0.215. The van der Waals surface area contributed by atoms with Gasteiger partial charge in [0.2, 0.25) is 0 Å². The Kier molecular flexibility index (Phi) is 3.91. The summed E-state index contributed by atoms with van der Waals surface area (Å²) in [5.41, 5.74) is 6.01. The van der Waals surface area contributed by atoms with Crippen LogP contribution in [0.3, 0.4) is 0 Å². The fraction of sp³-hybridized carbons (Fsp3) is 0.227. The summed E-state index contributed by atoms with van der Waals surface area (Å²) in [5, 5.41) is 0.906. The molecule has 0 unspecified atom stereocenters. The van der Waals surface area contributed by atoms with Gasteiger partial charge in [-0.2, -0.15) is 0 Å². The van der Waals surface area contributed by atoms with Gasteiger partial charge in [0, 0.05) is 29.3 Å².